The normalized spacial score (nSPS) is 14.7. The van der Waals surface area contributed by atoms with E-state index in [0.29, 0.717) is 22.0 Å². The van der Waals surface area contributed by atoms with Crippen LogP contribution in [0, 0.1) is 0 Å². The third kappa shape index (κ3) is 2.60. The third-order valence-electron chi connectivity index (χ3n) is 3.49. The fraction of sp³-hybridized carbons (Fsp3) is 0.0588. The first-order valence-corrected chi connectivity index (χ1v) is 7.47. The molecule has 0 radical (unpaired) electrons. The molecule has 0 unspecified atom stereocenters. The van der Waals surface area contributed by atoms with Crippen LogP contribution >= 0.6 is 23.2 Å². The summed E-state index contributed by atoms with van der Waals surface area (Å²) in [5.41, 5.74) is 1.02. The van der Waals surface area contributed by atoms with Crippen LogP contribution in [0.1, 0.15) is 5.56 Å². The standard InChI is InChI=1S/C17H11Cl2NO3/c1-23-13-5-3-2-4-12(13)14-15(19)17(22)20(16(14)21)11-8-6-10(18)7-9-11/h2-9H,1H3. The number of anilines is 1. The molecular weight excluding hydrogens is 337 g/mol. The molecule has 2 aromatic rings. The Morgan fingerprint density at radius 1 is 0.913 bits per heavy atom. The zero-order valence-electron chi connectivity index (χ0n) is 12.0. The molecular formula is C17H11Cl2NO3. The molecule has 0 fully saturated rings. The highest BCUT2D eigenvalue weighted by atomic mass is 35.5. The van der Waals surface area contributed by atoms with Crippen molar-refractivity contribution in [2.75, 3.05) is 12.0 Å². The lowest BCUT2D eigenvalue weighted by atomic mass is 10.1. The van der Waals surface area contributed by atoms with Gasteiger partial charge in [-0.1, -0.05) is 41.4 Å². The van der Waals surface area contributed by atoms with Gasteiger partial charge in [0, 0.05) is 10.6 Å². The number of nitrogens with zero attached hydrogens (tertiary/aromatic N) is 1. The van der Waals surface area contributed by atoms with E-state index < -0.39 is 11.8 Å². The van der Waals surface area contributed by atoms with Gasteiger partial charge in [0.25, 0.3) is 11.8 Å². The Hall–Kier alpha value is -2.30. The summed E-state index contributed by atoms with van der Waals surface area (Å²) in [6.45, 7) is 0. The molecule has 0 spiro atoms. The van der Waals surface area contributed by atoms with Crippen molar-refractivity contribution >= 4 is 46.3 Å². The highest BCUT2D eigenvalue weighted by Gasteiger charge is 2.40. The molecule has 0 saturated carbocycles. The van der Waals surface area contributed by atoms with Crippen molar-refractivity contribution in [2.24, 2.45) is 0 Å². The molecule has 6 heteroatoms. The van der Waals surface area contributed by atoms with Crippen LogP contribution in [0.25, 0.3) is 5.57 Å². The van der Waals surface area contributed by atoms with Gasteiger partial charge < -0.3 is 4.74 Å². The minimum absolute atomic E-state index is 0.129. The number of imide groups is 1. The second kappa shape index (κ2) is 6.07. The zero-order chi connectivity index (χ0) is 16.6. The van der Waals surface area contributed by atoms with Crippen LogP contribution in [0.5, 0.6) is 5.75 Å². The third-order valence-corrected chi connectivity index (χ3v) is 4.09. The Kier molecular flexibility index (Phi) is 4.11. The maximum Gasteiger partial charge on any atom is 0.277 e. The van der Waals surface area contributed by atoms with E-state index in [0.717, 1.165) is 4.90 Å². The summed E-state index contributed by atoms with van der Waals surface area (Å²) in [7, 11) is 1.49. The molecule has 2 aromatic carbocycles. The fourth-order valence-corrected chi connectivity index (χ4v) is 2.81. The number of amides is 2. The molecule has 2 amide bonds. The van der Waals surface area contributed by atoms with E-state index >= 15 is 0 Å². The Morgan fingerprint density at radius 2 is 1.57 bits per heavy atom. The number of hydrogen-bond donors (Lipinski definition) is 0. The molecule has 4 nitrogen and oxygen atoms in total. The highest BCUT2D eigenvalue weighted by Crippen LogP contribution is 2.38. The van der Waals surface area contributed by atoms with Crippen LogP contribution in [-0.2, 0) is 9.59 Å². The summed E-state index contributed by atoms with van der Waals surface area (Å²) in [6, 6.07) is 13.3. The van der Waals surface area contributed by atoms with Crippen molar-refractivity contribution < 1.29 is 14.3 Å². The van der Waals surface area contributed by atoms with Gasteiger partial charge in [-0.05, 0) is 30.3 Å². The predicted octanol–water partition coefficient (Wildman–Crippen LogP) is 3.87. The van der Waals surface area contributed by atoms with Crippen molar-refractivity contribution in [1.29, 1.82) is 0 Å². The van der Waals surface area contributed by atoms with E-state index in [2.05, 4.69) is 0 Å². The van der Waals surface area contributed by atoms with E-state index in [-0.39, 0.29) is 10.6 Å². The lowest BCUT2D eigenvalue weighted by Gasteiger charge is -2.15. The smallest absolute Gasteiger partial charge is 0.277 e. The zero-order valence-corrected chi connectivity index (χ0v) is 13.6. The van der Waals surface area contributed by atoms with Crippen molar-refractivity contribution in [3.05, 3.63) is 64.1 Å². The monoisotopic (exact) mass is 347 g/mol. The van der Waals surface area contributed by atoms with E-state index in [9.17, 15) is 9.59 Å². The van der Waals surface area contributed by atoms with E-state index in [4.69, 9.17) is 27.9 Å². The van der Waals surface area contributed by atoms with Crippen molar-refractivity contribution in [1.82, 2.24) is 0 Å². The van der Waals surface area contributed by atoms with Crippen LogP contribution in [0.3, 0.4) is 0 Å². The van der Waals surface area contributed by atoms with Gasteiger partial charge in [-0.3, -0.25) is 9.59 Å². The SMILES string of the molecule is COc1ccccc1C1=C(Cl)C(=O)N(c2ccc(Cl)cc2)C1=O. The van der Waals surface area contributed by atoms with Crippen LogP contribution in [0.2, 0.25) is 5.02 Å². The summed E-state index contributed by atoms with van der Waals surface area (Å²) in [4.78, 5) is 26.2. The van der Waals surface area contributed by atoms with Gasteiger partial charge in [0.05, 0.1) is 18.4 Å². The first-order chi connectivity index (χ1) is 11.0. The first-order valence-electron chi connectivity index (χ1n) is 6.72. The molecule has 0 atom stereocenters. The highest BCUT2D eigenvalue weighted by molar-refractivity contribution is 6.60. The number of methoxy groups -OCH3 is 1. The van der Waals surface area contributed by atoms with Crippen molar-refractivity contribution in [3.63, 3.8) is 0 Å². The number of ether oxygens (including phenoxy) is 1. The molecule has 116 valence electrons. The number of hydrogen-bond acceptors (Lipinski definition) is 3. The molecule has 1 heterocycles. The number of carbonyl (C=O) groups excluding carboxylic acids is 2. The summed E-state index contributed by atoms with van der Waals surface area (Å²) in [5.74, 6) is -0.591. The molecule has 0 aromatic heterocycles. The molecule has 0 saturated heterocycles. The number of carbonyl (C=O) groups is 2. The summed E-state index contributed by atoms with van der Waals surface area (Å²) < 4.78 is 5.25. The topological polar surface area (TPSA) is 46.6 Å². The largest absolute Gasteiger partial charge is 0.496 e. The summed E-state index contributed by atoms with van der Waals surface area (Å²) in [6.07, 6.45) is 0. The molecule has 23 heavy (non-hydrogen) atoms. The van der Waals surface area contributed by atoms with Gasteiger partial charge in [0.15, 0.2) is 0 Å². The van der Waals surface area contributed by atoms with Crippen LogP contribution in [0.4, 0.5) is 5.69 Å². The number of halogens is 2. The lowest BCUT2D eigenvalue weighted by Crippen LogP contribution is -2.31. The summed E-state index contributed by atoms with van der Waals surface area (Å²) in [5, 5.41) is 0.381. The van der Waals surface area contributed by atoms with E-state index in [1.54, 1.807) is 48.5 Å². The number of benzene rings is 2. The van der Waals surface area contributed by atoms with Gasteiger partial charge in [-0.25, -0.2) is 4.90 Å². The predicted molar refractivity (Wildman–Crippen MR) is 89.7 cm³/mol. The van der Waals surface area contributed by atoms with Crippen molar-refractivity contribution in [3.8, 4) is 5.75 Å². The van der Waals surface area contributed by atoms with Crippen LogP contribution in [-0.4, -0.2) is 18.9 Å². The van der Waals surface area contributed by atoms with Crippen LogP contribution < -0.4 is 9.64 Å². The quantitative estimate of drug-likeness (QED) is 0.791. The van der Waals surface area contributed by atoms with Gasteiger partial charge >= 0.3 is 0 Å². The molecule has 0 N–H and O–H groups in total. The molecule has 0 aliphatic carbocycles. The van der Waals surface area contributed by atoms with E-state index in [1.165, 1.54) is 7.11 Å². The molecule has 3 rings (SSSR count). The second-order valence-electron chi connectivity index (χ2n) is 4.81. The van der Waals surface area contributed by atoms with Gasteiger partial charge in [-0.2, -0.15) is 0 Å². The first kappa shape index (κ1) is 15.6. The minimum Gasteiger partial charge on any atom is -0.496 e. The van der Waals surface area contributed by atoms with Gasteiger partial charge in [0.1, 0.15) is 10.8 Å². The molecule has 0 bridgehead atoms. The molecule has 1 aliphatic heterocycles. The average molecular weight is 348 g/mol. The Balaban J connectivity index is 2.08. The minimum atomic E-state index is -0.570. The molecule has 1 aliphatic rings. The second-order valence-corrected chi connectivity index (χ2v) is 5.63. The Morgan fingerprint density at radius 3 is 2.22 bits per heavy atom. The van der Waals surface area contributed by atoms with E-state index in [1.807, 2.05) is 0 Å². The Bertz CT molecular complexity index is 828. The maximum absolute atomic E-state index is 12.8. The number of rotatable bonds is 3. The lowest BCUT2D eigenvalue weighted by molar-refractivity contribution is -0.119. The van der Waals surface area contributed by atoms with Gasteiger partial charge in [-0.15, -0.1) is 0 Å². The Labute approximate surface area is 142 Å². The summed E-state index contributed by atoms with van der Waals surface area (Å²) >= 11 is 12.0. The number of para-hydroxylation sites is 1. The average Bonchev–Trinajstić information content (AvgIpc) is 2.78. The maximum atomic E-state index is 12.8. The van der Waals surface area contributed by atoms with Crippen molar-refractivity contribution in [2.45, 2.75) is 0 Å². The van der Waals surface area contributed by atoms with Gasteiger partial charge in [0.2, 0.25) is 0 Å². The fourth-order valence-electron chi connectivity index (χ4n) is 2.41. The van der Waals surface area contributed by atoms with Crippen LogP contribution in [0.15, 0.2) is 53.6 Å².